The van der Waals surface area contributed by atoms with Crippen molar-refractivity contribution < 1.29 is 4.79 Å². The molecule has 0 atom stereocenters. The lowest BCUT2D eigenvalue weighted by Gasteiger charge is -2.01. The highest BCUT2D eigenvalue weighted by molar-refractivity contribution is 7.15. The topological polar surface area (TPSA) is 59.8 Å². The predicted molar refractivity (Wildman–Crippen MR) is 112 cm³/mol. The molecule has 0 bridgehead atoms. The maximum Gasteiger partial charge on any atom is 0.260 e. The Kier molecular flexibility index (Phi) is 5.50. The van der Waals surface area contributed by atoms with Gasteiger partial charge < -0.3 is 0 Å². The minimum absolute atomic E-state index is 0.219. The fourth-order valence-electron chi connectivity index (χ4n) is 2.80. The second-order valence-electron chi connectivity index (χ2n) is 6.30. The van der Waals surface area contributed by atoms with Crippen LogP contribution in [0.4, 0.5) is 5.13 Å². The first-order chi connectivity index (χ1) is 13.7. The van der Waals surface area contributed by atoms with E-state index in [1.54, 1.807) is 23.3 Å². The lowest BCUT2D eigenvalue weighted by Crippen LogP contribution is -2.10. The molecule has 0 saturated heterocycles. The molecule has 2 aromatic heterocycles. The molecule has 140 valence electrons. The molecule has 0 aliphatic heterocycles. The number of hydrogen-bond donors (Lipinski definition) is 1. The molecule has 28 heavy (non-hydrogen) atoms. The Morgan fingerprint density at radius 1 is 1.07 bits per heavy atom. The van der Waals surface area contributed by atoms with E-state index in [0.29, 0.717) is 22.3 Å². The van der Waals surface area contributed by atoms with E-state index >= 15 is 0 Å². The number of hydrogen-bond acceptors (Lipinski definition) is 4. The number of halogens is 1. The zero-order chi connectivity index (χ0) is 19.3. The van der Waals surface area contributed by atoms with Gasteiger partial charge >= 0.3 is 0 Å². The van der Waals surface area contributed by atoms with E-state index in [2.05, 4.69) is 15.4 Å². The molecule has 2 heterocycles. The standard InChI is InChI=1S/C21H17ClN4OS/c22-18-8-4-7-16(9-18)10-19-12-23-21(28-19)25-20(27)17-11-24-26(14-17)13-15-5-2-1-3-6-15/h1-9,11-12,14H,10,13H2,(H,23,25,27). The molecule has 2 aromatic carbocycles. The summed E-state index contributed by atoms with van der Waals surface area (Å²) in [7, 11) is 0. The van der Waals surface area contributed by atoms with Crippen molar-refractivity contribution in [2.75, 3.05) is 5.32 Å². The highest BCUT2D eigenvalue weighted by Crippen LogP contribution is 2.23. The number of carbonyl (C=O) groups excluding carboxylic acids is 1. The summed E-state index contributed by atoms with van der Waals surface area (Å²) in [6.45, 7) is 0.620. The molecule has 5 nitrogen and oxygen atoms in total. The summed E-state index contributed by atoms with van der Waals surface area (Å²) >= 11 is 7.48. The van der Waals surface area contributed by atoms with Crippen LogP contribution in [0.15, 0.2) is 73.2 Å². The van der Waals surface area contributed by atoms with E-state index in [1.165, 1.54) is 11.3 Å². The maximum atomic E-state index is 12.5. The summed E-state index contributed by atoms with van der Waals surface area (Å²) in [6.07, 6.45) is 5.81. The first-order valence-corrected chi connectivity index (χ1v) is 9.92. The lowest BCUT2D eigenvalue weighted by molar-refractivity contribution is 0.102. The predicted octanol–water partition coefficient (Wildman–Crippen LogP) is 4.88. The van der Waals surface area contributed by atoms with E-state index in [1.807, 2.05) is 54.6 Å². The average Bonchev–Trinajstić information content (AvgIpc) is 3.32. The smallest absolute Gasteiger partial charge is 0.260 e. The Labute approximate surface area is 171 Å². The van der Waals surface area contributed by atoms with Crippen LogP contribution in [-0.4, -0.2) is 20.7 Å². The Bertz CT molecular complexity index is 1090. The number of amides is 1. The molecule has 0 aliphatic carbocycles. The Hall–Kier alpha value is -2.96. The summed E-state index contributed by atoms with van der Waals surface area (Å²) in [5.74, 6) is -0.219. The molecule has 0 saturated carbocycles. The van der Waals surface area contributed by atoms with Crippen LogP contribution < -0.4 is 5.32 Å². The Morgan fingerprint density at radius 2 is 1.89 bits per heavy atom. The summed E-state index contributed by atoms with van der Waals surface area (Å²) in [5.41, 5.74) is 2.74. The van der Waals surface area contributed by atoms with Crippen molar-refractivity contribution in [2.45, 2.75) is 13.0 Å². The molecule has 4 aromatic rings. The number of thiazole rings is 1. The van der Waals surface area contributed by atoms with Gasteiger partial charge in [0, 0.05) is 28.7 Å². The van der Waals surface area contributed by atoms with E-state index in [4.69, 9.17) is 11.6 Å². The zero-order valence-corrected chi connectivity index (χ0v) is 16.5. The van der Waals surface area contributed by atoms with Crippen LogP contribution in [0.5, 0.6) is 0 Å². The van der Waals surface area contributed by atoms with Crippen molar-refractivity contribution in [3.05, 3.63) is 99.8 Å². The van der Waals surface area contributed by atoms with Gasteiger partial charge in [-0.2, -0.15) is 5.10 Å². The normalized spacial score (nSPS) is 10.8. The molecular formula is C21H17ClN4OS. The van der Waals surface area contributed by atoms with Crippen molar-refractivity contribution in [1.82, 2.24) is 14.8 Å². The molecule has 1 amide bonds. The van der Waals surface area contributed by atoms with Gasteiger partial charge in [0.1, 0.15) is 0 Å². The van der Waals surface area contributed by atoms with Gasteiger partial charge in [0.05, 0.1) is 18.3 Å². The van der Waals surface area contributed by atoms with Crippen LogP contribution in [0, 0.1) is 0 Å². The lowest BCUT2D eigenvalue weighted by atomic mass is 10.1. The summed E-state index contributed by atoms with van der Waals surface area (Å²) in [4.78, 5) is 17.8. The molecule has 1 N–H and O–H groups in total. The first kappa shape index (κ1) is 18.4. The SMILES string of the molecule is O=C(Nc1ncc(Cc2cccc(Cl)c2)s1)c1cnn(Cc2ccccc2)c1. The van der Waals surface area contributed by atoms with Gasteiger partial charge in [-0.15, -0.1) is 11.3 Å². The molecule has 4 rings (SSSR count). The summed E-state index contributed by atoms with van der Waals surface area (Å²) in [5, 5.41) is 8.39. The highest BCUT2D eigenvalue weighted by Gasteiger charge is 2.12. The fourth-order valence-corrected chi connectivity index (χ4v) is 3.86. The molecule has 0 radical (unpaired) electrons. The van der Waals surface area contributed by atoms with Crippen LogP contribution in [0.3, 0.4) is 0 Å². The van der Waals surface area contributed by atoms with E-state index in [9.17, 15) is 4.79 Å². The van der Waals surface area contributed by atoms with Crippen molar-refractivity contribution in [3.8, 4) is 0 Å². The average molecular weight is 409 g/mol. The van der Waals surface area contributed by atoms with Crippen molar-refractivity contribution in [2.24, 2.45) is 0 Å². The number of carbonyl (C=O) groups is 1. The number of rotatable bonds is 6. The third-order valence-corrected chi connectivity index (χ3v) is 5.27. The molecular weight excluding hydrogens is 392 g/mol. The van der Waals surface area contributed by atoms with Crippen LogP contribution in [0.25, 0.3) is 0 Å². The minimum Gasteiger partial charge on any atom is -0.298 e. The van der Waals surface area contributed by atoms with Crippen LogP contribution in [0.2, 0.25) is 5.02 Å². The molecule has 0 aliphatic rings. The van der Waals surface area contributed by atoms with Crippen molar-refractivity contribution >= 4 is 34.0 Å². The zero-order valence-electron chi connectivity index (χ0n) is 14.9. The third-order valence-electron chi connectivity index (χ3n) is 4.12. The van der Waals surface area contributed by atoms with Crippen molar-refractivity contribution in [1.29, 1.82) is 0 Å². The maximum absolute atomic E-state index is 12.5. The van der Waals surface area contributed by atoms with Crippen LogP contribution >= 0.6 is 22.9 Å². The molecule has 0 unspecified atom stereocenters. The number of benzene rings is 2. The number of nitrogens with zero attached hydrogens (tertiary/aromatic N) is 3. The van der Waals surface area contributed by atoms with Gasteiger partial charge in [-0.05, 0) is 23.3 Å². The van der Waals surface area contributed by atoms with Gasteiger partial charge in [0.2, 0.25) is 0 Å². The largest absolute Gasteiger partial charge is 0.298 e. The first-order valence-electron chi connectivity index (χ1n) is 8.72. The Balaban J connectivity index is 1.38. The van der Waals surface area contributed by atoms with Gasteiger partial charge in [0.15, 0.2) is 5.13 Å². The second-order valence-corrected chi connectivity index (χ2v) is 7.86. The van der Waals surface area contributed by atoms with Crippen LogP contribution in [-0.2, 0) is 13.0 Å². The second kappa shape index (κ2) is 8.37. The summed E-state index contributed by atoms with van der Waals surface area (Å²) in [6, 6.07) is 17.7. The Morgan fingerprint density at radius 3 is 2.71 bits per heavy atom. The van der Waals surface area contributed by atoms with Crippen molar-refractivity contribution in [3.63, 3.8) is 0 Å². The third kappa shape index (κ3) is 4.65. The van der Waals surface area contributed by atoms with Gasteiger partial charge in [0.25, 0.3) is 5.91 Å². The van der Waals surface area contributed by atoms with Crippen LogP contribution in [0.1, 0.15) is 26.4 Å². The quantitative estimate of drug-likeness (QED) is 0.494. The molecule has 7 heteroatoms. The van der Waals surface area contributed by atoms with Gasteiger partial charge in [-0.25, -0.2) is 4.98 Å². The number of aromatic nitrogens is 3. The van der Waals surface area contributed by atoms with Gasteiger partial charge in [-0.1, -0.05) is 54.1 Å². The highest BCUT2D eigenvalue weighted by atomic mass is 35.5. The monoisotopic (exact) mass is 408 g/mol. The van der Waals surface area contributed by atoms with E-state index in [0.717, 1.165) is 22.4 Å². The number of anilines is 1. The van der Waals surface area contributed by atoms with Gasteiger partial charge in [-0.3, -0.25) is 14.8 Å². The molecule has 0 spiro atoms. The fraction of sp³-hybridized carbons (Fsp3) is 0.0952. The van der Waals surface area contributed by atoms with E-state index < -0.39 is 0 Å². The molecule has 0 fully saturated rings. The number of nitrogens with one attached hydrogen (secondary N) is 1. The summed E-state index contributed by atoms with van der Waals surface area (Å²) < 4.78 is 1.75. The van der Waals surface area contributed by atoms with E-state index in [-0.39, 0.29) is 5.91 Å². The minimum atomic E-state index is -0.219.